The van der Waals surface area contributed by atoms with Gasteiger partial charge in [0, 0.05) is 12.0 Å². The maximum Gasteiger partial charge on any atom is 0.142 e. The van der Waals surface area contributed by atoms with Crippen molar-refractivity contribution < 1.29 is 9.53 Å². The third kappa shape index (κ3) is 4.04. The average Bonchev–Trinajstić information content (AvgIpc) is 2.90. The van der Waals surface area contributed by atoms with E-state index in [1.807, 2.05) is 30.3 Å². The minimum absolute atomic E-state index is 0.311. The highest BCUT2D eigenvalue weighted by Gasteiger charge is 2.54. The molecule has 1 aromatic rings. The second-order valence-electron chi connectivity index (χ2n) is 10.4. The molecule has 5 atom stereocenters. The van der Waals surface area contributed by atoms with Gasteiger partial charge in [0.05, 0.1) is 12.0 Å². The molecule has 2 nitrogen and oxygen atoms in total. The van der Waals surface area contributed by atoms with E-state index in [-0.39, 0.29) is 6.10 Å². The number of hydrogen-bond acceptors (Lipinski definition) is 2. The minimum Gasteiger partial charge on any atom is -0.364 e. The molecule has 0 spiro atoms. The van der Waals surface area contributed by atoms with Gasteiger partial charge in [-0.1, -0.05) is 56.7 Å². The summed E-state index contributed by atoms with van der Waals surface area (Å²) in [5, 5.41) is 0. The molecule has 0 amide bonds. The van der Waals surface area contributed by atoms with Crippen molar-refractivity contribution in [1.29, 1.82) is 0 Å². The van der Waals surface area contributed by atoms with Gasteiger partial charge in [-0.05, 0) is 74.3 Å². The van der Waals surface area contributed by atoms with E-state index in [1.165, 1.54) is 19.3 Å². The Hall–Kier alpha value is -1.59. The van der Waals surface area contributed by atoms with E-state index >= 15 is 0 Å². The van der Waals surface area contributed by atoms with Crippen molar-refractivity contribution in [3.05, 3.63) is 35.9 Å². The summed E-state index contributed by atoms with van der Waals surface area (Å²) in [6.45, 7) is 7.72. The number of fused-ring (bicyclic) bond motifs is 2. The van der Waals surface area contributed by atoms with Crippen LogP contribution >= 0.6 is 0 Å². The van der Waals surface area contributed by atoms with E-state index in [4.69, 9.17) is 4.74 Å². The molecule has 4 aliphatic carbocycles. The summed E-state index contributed by atoms with van der Waals surface area (Å²) >= 11 is 0. The highest BCUT2D eigenvalue weighted by molar-refractivity contribution is 5.85. The molecule has 0 aliphatic heterocycles. The van der Waals surface area contributed by atoms with Crippen LogP contribution in [-0.2, 0) is 9.53 Å². The van der Waals surface area contributed by atoms with Crippen molar-refractivity contribution in [3.8, 4) is 11.8 Å². The first-order valence-electron chi connectivity index (χ1n) is 11.6. The first kappa shape index (κ1) is 20.7. The number of carbonyl (C=O) groups excluding carboxylic acids is 1. The highest BCUT2D eigenvalue weighted by atomic mass is 16.5. The standard InChI is InChI=1S/C27H36O2/c1-26(2)22-15-14-21(23(26)18-22)19-29-25(16-13-20-10-6-4-7-11-20)27(3)17-9-5-8-12-24(27)28/h4,6-7,10-11,21-23,25H,5,8-9,12,14-15,17-19H2,1-3H3/t21-,22+,23+,25-,27+/m1/s1. The maximum atomic E-state index is 13.1. The Labute approximate surface area is 176 Å². The lowest BCUT2D eigenvalue weighted by molar-refractivity contribution is -0.146. The van der Waals surface area contributed by atoms with Crippen LogP contribution in [0.15, 0.2) is 30.3 Å². The molecule has 4 saturated carbocycles. The van der Waals surface area contributed by atoms with E-state index in [0.717, 1.165) is 49.7 Å². The Morgan fingerprint density at radius 3 is 2.62 bits per heavy atom. The maximum absolute atomic E-state index is 13.1. The van der Waals surface area contributed by atoms with Gasteiger partial charge in [0.25, 0.3) is 0 Å². The average molecular weight is 393 g/mol. The summed E-state index contributed by atoms with van der Waals surface area (Å²) in [6.07, 6.45) is 8.44. The van der Waals surface area contributed by atoms with E-state index < -0.39 is 5.41 Å². The van der Waals surface area contributed by atoms with Crippen LogP contribution in [0.3, 0.4) is 0 Å². The largest absolute Gasteiger partial charge is 0.364 e. The molecule has 0 N–H and O–H groups in total. The van der Waals surface area contributed by atoms with Gasteiger partial charge in [-0.15, -0.1) is 0 Å². The molecule has 0 heterocycles. The molecule has 2 bridgehead atoms. The number of ether oxygens (including phenoxy) is 1. The molecule has 29 heavy (non-hydrogen) atoms. The summed E-state index contributed by atoms with van der Waals surface area (Å²) in [4.78, 5) is 13.1. The zero-order chi connectivity index (χ0) is 20.5. The van der Waals surface area contributed by atoms with E-state index in [2.05, 4.69) is 32.6 Å². The molecule has 1 aromatic carbocycles. The topological polar surface area (TPSA) is 26.3 Å². The molecule has 4 fully saturated rings. The van der Waals surface area contributed by atoms with Crippen LogP contribution in [0.2, 0.25) is 0 Å². The smallest absolute Gasteiger partial charge is 0.142 e. The van der Waals surface area contributed by atoms with Gasteiger partial charge in [-0.25, -0.2) is 0 Å². The predicted molar refractivity (Wildman–Crippen MR) is 117 cm³/mol. The fourth-order valence-corrected chi connectivity index (χ4v) is 6.09. The number of benzene rings is 1. The quantitative estimate of drug-likeness (QED) is 0.461. The molecule has 0 saturated heterocycles. The van der Waals surface area contributed by atoms with Crippen molar-refractivity contribution in [3.63, 3.8) is 0 Å². The van der Waals surface area contributed by atoms with Crippen LogP contribution in [0, 0.1) is 40.4 Å². The zero-order valence-corrected chi connectivity index (χ0v) is 18.4. The van der Waals surface area contributed by atoms with Gasteiger partial charge in [-0.2, -0.15) is 0 Å². The third-order valence-electron chi connectivity index (χ3n) is 8.42. The van der Waals surface area contributed by atoms with Gasteiger partial charge in [-0.3, -0.25) is 4.79 Å². The Balaban J connectivity index is 1.53. The molecule has 4 aliphatic rings. The molecular formula is C27H36O2. The molecule has 0 aromatic heterocycles. The van der Waals surface area contributed by atoms with Crippen LogP contribution in [-0.4, -0.2) is 18.5 Å². The van der Waals surface area contributed by atoms with Gasteiger partial charge in [0.1, 0.15) is 11.9 Å². The molecule has 5 rings (SSSR count). The number of ketones is 1. The number of carbonyl (C=O) groups is 1. The van der Waals surface area contributed by atoms with Gasteiger partial charge in [0.15, 0.2) is 0 Å². The first-order valence-corrected chi connectivity index (χ1v) is 11.6. The second kappa shape index (κ2) is 8.27. The van der Waals surface area contributed by atoms with Crippen LogP contribution in [0.25, 0.3) is 0 Å². The number of rotatable bonds is 4. The summed E-state index contributed by atoms with van der Waals surface area (Å²) in [6, 6.07) is 10.1. The third-order valence-corrected chi connectivity index (χ3v) is 8.42. The van der Waals surface area contributed by atoms with Crippen molar-refractivity contribution in [2.75, 3.05) is 6.61 Å². The Bertz CT molecular complexity index is 782. The van der Waals surface area contributed by atoms with Crippen molar-refractivity contribution in [2.45, 2.75) is 78.2 Å². The summed E-state index contributed by atoms with van der Waals surface area (Å²) in [7, 11) is 0. The SMILES string of the molecule is CC1(C)[C@H]2CC[C@H](CO[C@H](C#Cc3ccccc3)[C@@]3(C)CCCCCC3=O)[C@@H]1C2. The Morgan fingerprint density at radius 2 is 1.90 bits per heavy atom. The molecule has 0 unspecified atom stereocenters. The summed E-state index contributed by atoms with van der Waals surface area (Å²) in [5.74, 6) is 9.33. The van der Waals surface area contributed by atoms with Crippen LogP contribution < -0.4 is 0 Å². The number of hydrogen-bond donors (Lipinski definition) is 0. The van der Waals surface area contributed by atoms with Crippen molar-refractivity contribution >= 4 is 5.78 Å². The molecular weight excluding hydrogens is 356 g/mol. The van der Waals surface area contributed by atoms with Crippen molar-refractivity contribution in [2.24, 2.45) is 28.6 Å². The molecule has 2 heteroatoms. The van der Waals surface area contributed by atoms with E-state index in [0.29, 0.717) is 23.5 Å². The van der Waals surface area contributed by atoms with E-state index in [1.54, 1.807) is 0 Å². The zero-order valence-electron chi connectivity index (χ0n) is 18.4. The van der Waals surface area contributed by atoms with E-state index in [9.17, 15) is 4.79 Å². The second-order valence-corrected chi connectivity index (χ2v) is 10.4. The molecule has 0 radical (unpaired) electrons. The summed E-state index contributed by atoms with van der Waals surface area (Å²) in [5.41, 5.74) is 0.968. The monoisotopic (exact) mass is 392 g/mol. The van der Waals surface area contributed by atoms with Crippen molar-refractivity contribution in [1.82, 2.24) is 0 Å². The fraction of sp³-hybridized carbons (Fsp3) is 0.667. The fourth-order valence-electron chi connectivity index (χ4n) is 6.09. The Kier molecular flexibility index (Phi) is 5.90. The van der Waals surface area contributed by atoms with Gasteiger partial charge >= 0.3 is 0 Å². The lowest BCUT2D eigenvalue weighted by atomic mass is 9.46. The normalized spacial score (nSPS) is 34.3. The first-order chi connectivity index (χ1) is 13.9. The van der Waals surface area contributed by atoms with Gasteiger partial charge < -0.3 is 4.74 Å². The predicted octanol–water partition coefficient (Wildman–Crippen LogP) is 6.04. The van der Waals surface area contributed by atoms with Crippen LogP contribution in [0.4, 0.5) is 0 Å². The lowest BCUT2D eigenvalue weighted by Gasteiger charge is -2.60. The van der Waals surface area contributed by atoms with Crippen LogP contribution in [0.5, 0.6) is 0 Å². The summed E-state index contributed by atoms with van der Waals surface area (Å²) < 4.78 is 6.57. The number of Topliss-reactive ketones (excluding diaryl/α,β-unsaturated/α-hetero) is 1. The molecule has 156 valence electrons. The minimum atomic E-state index is -0.482. The van der Waals surface area contributed by atoms with Crippen LogP contribution in [0.1, 0.15) is 77.7 Å². The lowest BCUT2D eigenvalue weighted by Crippen LogP contribution is -2.53. The Morgan fingerprint density at radius 1 is 1.10 bits per heavy atom. The van der Waals surface area contributed by atoms with Gasteiger partial charge in [0.2, 0.25) is 0 Å². The highest BCUT2D eigenvalue weighted by Crippen LogP contribution is 2.61.